The molecule has 13 heavy (non-hydrogen) atoms. The SMILES string of the molecule is COC(=O)NC1=NCC2OCON12. The van der Waals surface area contributed by atoms with Crippen molar-refractivity contribution in [3.05, 3.63) is 0 Å². The number of guanidine groups is 1. The third kappa shape index (κ3) is 1.43. The molecule has 2 aliphatic rings. The second-order valence-corrected chi connectivity index (χ2v) is 2.47. The van der Waals surface area contributed by atoms with Crippen LogP contribution in [0.3, 0.4) is 0 Å². The van der Waals surface area contributed by atoms with E-state index in [9.17, 15) is 4.79 Å². The average Bonchev–Trinajstić information content (AvgIpc) is 2.69. The van der Waals surface area contributed by atoms with Crippen molar-refractivity contribution in [2.45, 2.75) is 6.23 Å². The van der Waals surface area contributed by atoms with E-state index in [1.54, 1.807) is 0 Å². The number of hydrogen-bond acceptors (Lipinski definition) is 6. The van der Waals surface area contributed by atoms with E-state index in [0.717, 1.165) is 0 Å². The number of ether oxygens (including phenoxy) is 2. The predicted octanol–water partition coefficient (Wildman–Crippen LogP) is -0.741. The summed E-state index contributed by atoms with van der Waals surface area (Å²) in [6, 6.07) is 0. The van der Waals surface area contributed by atoms with Crippen LogP contribution in [0.2, 0.25) is 0 Å². The number of methoxy groups -OCH3 is 1. The number of rotatable bonds is 0. The van der Waals surface area contributed by atoms with Gasteiger partial charge in [-0.2, -0.15) is 5.06 Å². The Hall–Kier alpha value is -1.34. The fraction of sp³-hybridized carbons (Fsp3) is 0.667. The van der Waals surface area contributed by atoms with E-state index in [1.807, 2.05) is 0 Å². The van der Waals surface area contributed by atoms with Crippen LogP contribution in [0, 0.1) is 0 Å². The Bertz CT molecular complexity index is 254. The monoisotopic (exact) mass is 187 g/mol. The molecule has 0 aromatic carbocycles. The van der Waals surface area contributed by atoms with Gasteiger partial charge in [-0.1, -0.05) is 0 Å². The van der Waals surface area contributed by atoms with Gasteiger partial charge in [0.15, 0.2) is 13.0 Å². The number of aliphatic imine (C=N–C) groups is 1. The van der Waals surface area contributed by atoms with Crippen molar-refractivity contribution >= 4 is 12.1 Å². The van der Waals surface area contributed by atoms with Gasteiger partial charge in [0.05, 0.1) is 13.7 Å². The molecule has 0 saturated carbocycles. The highest BCUT2D eigenvalue weighted by molar-refractivity contribution is 5.94. The van der Waals surface area contributed by atoms with E-state index >= 15 is 0 Å². The summed E-state index contributed by atoms with van der Waals surface area (Å²) in [5, 5.41) is 3.82. The van der Waals surface area contributed by atoms with Crippen molar-refractivity contribution in [1.82, 2.24) is 10.4 Å². The molecule has 72 valence electrons. The van der Waals surface area contributed by atoms with Gasteiger partial charge in [0.2, 0.25) is 5.96 Å². The van der Waals surface area contributed by atoms with Crippen molar-refractivity contribution in [2.24, 2.45) is 4.99 Å². The van der Waals surface area contributed by atoms with Gasteiger partial charge >= 0.3 is 6.09 Å². The first-order chi connectivity index (χ1) is 6.31. The molecule has 0 aromatic heterocycles. The van der Waals surface area contributed by atoms with Crippen LogP contribution in [0.1, 0.15) is 0 Å². The van der Waals surface area contributed by atoms with Crippen LogP contribution < -0.4 is 5.32 Å². The first kappa shape index (κ1) is 8.27. The van der Waals surface area contributed by atoms with Gasteiger partial charge in [0.25, 0.3) is 0 Å². The molecule has 2 aliphatic heterocycles. The average molecular weight is 187 g/mol. The molecule has 0 spiro atoms. The number of nitrogens with zero attached hydrogens (tertiary/aromatic N) is 2. The smallest absolute Gasteiger partial charge is 0.413 e. The van der Waals surface area contributed by atoms with Crippen LogP contribution in [-0.2, 0) is 14.3 Å². The predicted molar refractivity (Wildman–Crippen MR) is 40.5 cm³/mol. The standard InChI is InChI=1S/C6H9N3O4/c1-11-6(10)8-5-7-2-4-9(5)13-3-12-4/h4H,2-3H2,1H3,(H,7,8,10). The molecule has 0 bridgehead atoms. The Balaban J connectivity index is 1.96. The van der Waals surface area contributed by atoms with E-state index in [4.69, 9.17) is 9.57 Å². The molecule has 7 heteroatoms. The second-order valence-electron chi connectivity index (χ2n) is 2.47. The quantitative estimate of drug-likeness (QED) is 0.540. The number of fused-ring (bicyclic) bond motifs is 1. The Labute approximate surface area is 74.2 Å². The van der Waals surface area contributed by atoms with Crippen molar-refractivity contribution in [3.8, 4) is 0 Å². The first-order valence-corrected chi connectivity index (χ1v) is 3.74. The number of hydroxylamine groups is 2. The highest BCUT2D eigenvalue weighted by Crippen LogP contribution is 2.16. The number of amides is 1. The molecule has 2 heterocycles. The Morgan fingerprint density at radius 2 is 2.69 bits per heavy atom. The summed E-state index contributed by atoms with van der Waals surface area (Å²) in [7, 11) is 1.28. The lowest BCUT2D eigenvalue weighted by molar-refractivity contribution is -0.0614. The lowest BCUT2D eigenvalue weighted by Gasteiger charge is -2.14. The second kappa shape index (κ2) is 3.19. The molecule has 2 rings (SSSR count). The fourth-order valence-corrected chi connectivity index (χ4v) is 1.11. The van der Waals surface area contributed by atoms with Crippen LogP contribution in [0.4, 0.5) is 4.79 Å². The van der Waals surface area contributed by atoms with Crippen molar-refractivity contribution in [3.63, 3.8) is 0 Å². The molecule has 0 radical (unpaired) electrons. The van der Waals surface area contributed by atoms with Crippen molar-refractivity contribution < 1.29 is 19.1 Å². The maximum atomic E-state index is 10.8. The summed E-state index contributed by atoms with van der Waals surface area (Å²) in [4.78, 5) is 19.9. The number of nitrogens with one attached hydrogen (secondary N) is 1. The van der Waals surface area contributed by atoms with Crippen LogP contribution in [-0.4, -0.2) is 43.8 Å². The van der Waals surface area contributed by atoms with Crippen LogP contribution in [0.25, 0.3) is 0 Å². The van der Waals surface area contributed by atoms with Crippen LogP contribution >= 0.6 is 0 Å². The first-order valence-electron chi connectivity index (χ1n) is 3.74. The van der Waals surface area contributed by atoms with E-state index in [1.165, 1.54) is 12.2 Å². The lowest BCUT2D eigenvalue weighted by Crippen LogP contribution is -2.42. The Morgan fingerprint density at radius 1 is 1.85 bits per heavy atom. The third-order valence-electron chi connectivity index (χ3n) is 1.72. The molecule has 0 aromatic rings. The molecular formula is C6H9N3O4. The fourth-order valence-electron chi connectivity index (χ4n) is 1.11. The molecule has 1 saturated heterocycles. The normalized spacial score (nSPS) is 25.5. The van der Waals surface area contributed by atoms with Gasteiger partial charge in [0.1, 0.15) is 0 Å². The summed E-state index contributed by atoms with van der Waals surface area (Å²) in [5.41, 5.74) is 0. The molecule has 1 amide bonds. The number of carbonyl (C=O) groups excluding carboxylic acids is 1. The lowest BCUT2D eigenvalue weighted by atomic mass is 10.6. The molecule has 1 N–H and O–H groups in total. The van der Waals surface area contributed by atoms with Crippen molar-refractivity contribution in [2.75, 3.05) is 20.4 Å². The molecule has 1 unspecified atom stereocenters. The van der Waals surface area contributed by atoms with Gasteiger partial charge in [-0.15, -0.1) is 0 Å². The maximum Gasteiger partial charge on any atom is 0.413 e. The highest BCUT2D eigenvalue weighted by Gasteiger charge is 2.35. The number of hydrogen-bond donors (Lipinski definition) is 1. The number of carbonyl (C=O) groups is 1. The molecule has 1 fully saturated rings. The van der Waals surface area contributed by atoms with E-state index < -0.39 is 6.09 Å². The van der Waals surface area contributed by atoms with E-state index in [0.29, 0.717) is 12.5 Å². The minimum Gasteiger partial charge on any atom is -0.453 e. The van der Waals surface area contributed by atoms with Gasteiger partial charge in [-0.3, -0.25) is 5.32 Å². The maximum absolute atomic E-state index is 10.8. The van der Waals surface area contributed by atoms with Gasteiger partial charge < -0.3 is 9.47 Å². The molecular weight excluding hydrogens is 178 g/mol. The summed E-state index contributed by atoms with van der Waals surface area (Å²) in [6.07, 6.45) is -0.790. The topological polar surface area (TPSA) is 72.4 Å². The van der Waals surface area contributed by atoms with Crippen LogP contribution in [0.5, 0.6) is 0 Å². The van der Waals surface area contributed by atoms with Gasteiger partial charge in [0, 0.05) is 0 Å². The summed E-state index contributed by atoms with van der Waals surface area (Å²) < 4.78 is 9.53. The Morgan fingerprint density at radius 3 is 3.46 bits per heavy atom. The van der Waals surface area contributed by atoms with Gasteiger partial charge in [-0.05, 0) is 0 Å². The van der Waals surface area contributed by atoms with E-state index in [2.05, 4.69) is 15.0 Å². The third-order valence-corrected chi connectivity index (χ3v) is 1.72. The zero-order chi connectivity index (χ0) is 9.26. The highest BCUT2D eigenvalue weighted by atomic mass is 16.8. The zero-order valence-electron chi connectivity index (χ0n) is 7.02. The largest absolute Gasteiger partial charge is 0.453 e. The molecule has 7 nitrogen and oxygen atoms in total. The van der Waals surface area contributed by atoms with E-state index in [-0.39, 0.29) is 13.0 Å². The minimum absolute atomic E-state index is 0.187. The Kier molecular flexibility index (Phi) is 2.03. The van der Waals surface area contributed by atoms with Gasteiger partial charge in [-0.25, -0.2) is 14.6 Å². The summed E-state index contributed by atoms with van der Waals surface area (Å²) in [6.45, 7) is 0.645. The molecule has 0 aliphatic carbocycles. The summed E-state index contributed by atoms with van der Waals surface area (Å²) >= 11 is 0. The van der Waals surface area contributed by atoms with Crippen LogP contribution in [0.15, 0.2) is 4.99 Å². The minimum atomic E-state index is -0.574. The van der Waals surface area contributed by atoms with Crippen molar-refractivity contribution in [1.29, 1.82) is 0 Å². The summed E-state index contributed by atoms with van der Waals surface area (Å²) in [5.74, 6) is 0.328. The zero-order valence-corrected chi connectivity index (χ0v) is 7.02. The number of alkyl carbamates (subject to hydrolysis) is 1. The molecule has 1 atom stereocenters.